The Kier molecular flexibility index (Phi) is 7.22. The molecule has 0 radical (unpaired) electrons. The largest absolute Gasteiger partial charge is 0.493 e. The van der Waals surface area contributed by atoms with Crippen LogP contribution in [0.2, 0.25) is 0 Å². The highest BCUT2D eigenvalue weighted by Crippen LogP contribution is 2.38. The summed E-state index contributed by atoms with van der Waals surface area (Å²) in [5.74, 6) is 3.17. The predicted molar refractivity (Wildman–Crippen MR) is 119 cm³/mol. The van der Waals surface area contributed by atoms with E-state index in [0.717, 1.165) is 16.7 Å². The number of hydrogen-bond donors (Lipinski definition) is 0. The van der Waals surface area contributed by atoms with E-state index in [-0.39, 0.29) is 0 Å². The highest BCUT2D eigenvalue weighted by Gasteiger charge is 2.12. The molecule has 0 aliphatic carbocycles. The van der Waals surface area contributed by atoms with E-state index in [4.69, 9.17) is 23.7 Å². The fraction of sp³-hybridized carbons (Fsp3) is 0.200. The van der Waals surface area contributed by atoms with Crippen LogP contribution in [-0.4, -0.2) is 28.4 Å². The van der Waals surface area contributed by atoms with Crippen molar-refractivity contribution in [2.24, 2.45) is 0 Å². The highest BCUT2D eigenvalue weighted by atomic mass is 16.5. The number of rotatable bonds is 9. The average Bonchev–Trinajstić information content (AvgIpc) is 2.81. The molecule has 0 aromatic heterocycles. The Morgan fingerprint density at radius 3 is 1.80 bits per heavy atom. The smallest absolute Gasteiger partial charge is 0.203 e. The normalized spacial score (nSPS) is 10.7. The van der Waals surface area contributed by atoms with Gasteiger partial charge in [0.05, 0.1) is 28.4 Å². The number of benzene rings is 3. The van der Waals surface area contributed by atoms with Gasteiger partial charge in [0.2, 0.25) is 5.75 Å². The second-order valence-electron chi connectivity index (χ2n) is 6.48. The Morgan fingerprint density at radius 1 is 0.600 bits per heavy atom. The summed E-state index contributed by atoms with van der Waals surface area (Å²) in [6.07, 6.45) is 3.97. The summed E-state index contributed by atoms with van der Waals surface area (Å²) in [5.41, 5.74) is 3.01. The second kappa shape index (κ2) is 10.3. The first-order chi connectivity index (χ1) is 14.7. The van der Waals surface area contributed by atoms with E-state index in [2.05, 4.69) is 0 Å². The summed E-state index contributed by atoms with van der Waals surface area (Å²) < 4.78 is 27.6. The van der Waals surface area contributed by atoms with Gasteiger partial charge in [-0.05, 0) is 41.0 Å². The molecule has 0 unspecified atom stereocenters. The van der Waals surface area contributed by atoms with Crippen molar-refractivity contribution in [1.29, 1.82) is 0 Å². The summed E-state index contributed by atoms with van der Waals surface area (Å²) in [6, 6.07) is 19.7. The van der Waals surface area contributed by atoms with E-state index in [1.165, 1.54) is 0 Å². The fourth-order valence-corrected chi connectivity index (χ4v) is 3.03. The molecule has 0 heterocycles. The van der Waals surface area contributed by atoms with E-state index < -0.39 is 0 Å². The zero-order chi connectivity index (χ0) is 21.3. The van der Waals surface area contributed by atoms with Crippen molar-refractivity contribution in [3.05, 3.63) is 77.4 Å². The van der Waals surface area contributed by atoms with Crippen molar-refractivity contribution < 1.29 is 23.7 Å². The molecule has 0 aliphatic rings. The minimum atomic E-state index is 0.484. The molecule has 0 aliphatic heterocycles. The Balaban J connectivity index is 1.79. The Morgan fingerprint density at radius 2 is 1.20 bits per heavy atom. The predicted octanol–water partition coefficient (Wildman–Crippen LogP) is 5.47. The molecule has 0 atom stereocenters. The third-order valence-corrected chi connectivity index (χ3v) is 4.58. The zero-order valence-electron chi connectivity index (χ0n) is 17.7. The van der Waals surface area contributed by atoms with E-state index in [0.29, 0.717) is 35.4 Å². The van der Waals surface area contributed by atoms with Gasteiger partial charge >= 0.3 is 0 Å². The van der Waals surface area contributed by atoms with Gasteiger partial charge in [0, 0.05) is 0 Å². The van der Waals surface area contributed by atoms with E-state index in [1.54, 1.807) is 28.4 Å². The first-order valence-electron chi connectivity index (χ1n) is 9.51. The van der Waals surface area contributed by atoms with Crippen molar-refractivity contribution in [3.63, 3.8) is 0 Å². The molecule has 156 valence electrons. The average molecular weight is 406 g/mol. The summed E-state index contributed by atoms with van der Waals surface area (Å²) in [6.45, 7) is 0.484. The topological polar surface area (TPSA) is 46.2 Å². The van der Waals surface area contributed by atoms with Crippen LogP contribution in [0.5, 0.6) is 28.7 Å². The van der Waals surface area contributed by atoms with Crippen molar-refractivity contribution in [2.75, 3.05) is 28.4 Å². The first-order valence-corrected chi connectivity index (χ1v) is 9.51. The maximum Gasteiger partial charge on any atom is 0.203 e. The number of ether oxygens (including phenoxy) is 5. The molecule has 0 fully saturated rings. The van der Waals surface area contributed by atoms with Crippen molar-refractivity contribution in [1.82, 2.24) is 0 Å². The van der Waals surface area contributed by atoms with Gasteiger partial charge < -0.3 is 23.7 Å². The molecule has 3 rings (SSSR count). The maximum atomic E-state index is 5.92. The highest BCUT2D eigenvalue weighted by molar-refractivity contribution is 5.73. The molecule has 3 aromatic carbocycles. The van der Waals surface area contributed by atoms with Crippen LogP contribution in [0.3, 0.4) is 0 Å². The summed E-state index contributed by atoms with van der Waals surface area (Å²) in [7, 11) is 6.43. The van der Waals surface area contributed by atoms with Gasteiger partial charge in [-0.3, -0.25) is 0 Å². The van der Waals surface area contributed by atoms with E-state index in [9.17, 15) is 0 Å². The van der Waals surface area contributed by atoms with Crippen LogP contribution >= 0.6 is 0 Å². The first kappa shape index (κ1) is 21.1. The van der Waals surface area contributed by atoms with Crippen molar-refractivity contribution >= 4 is 12.2 Å². The minimum Gasteiger partial charge on any atom is -0.493 e. The van der Waals surface area contributed by atoms with Crippen LogP contribution in [0, 0.1) is 0 Å². The summed E-state index contributed by atoms with van der Waals surface area (Å²) in [5, 5.41) is 0. The van der Waals surface area contributed by atoms with Gasteiger partial charge in [-0.15, -0.1) is 0 Å². The van der Waals surface area contributed by atoms with Gasteiger partial charge in [-0.25, -0.2) is 0 Å². The zero-order valence-corrected chi connectivity index (χ0v) is 17.7. The summed E-state index contributed by atoms with van der Waals surface area (Å²) in [4.78, 5) is 0. The molecular weight excluding hydrogens is 380 g/mol. The standard InChI is InChI=1S/C25H26O5/c1-26-22-14-18(12-13-21(22)30-17-19-8-6-5-7-9-19)10-11-20-15-23(27-2)25(29-4)24(16-20)28-3/h5-16H,17H2,1-4H3/b11-10+. The molecular formula is C25H26O5. The SMILES string of the molecule is COc1cc(/C=C/c2cc(OC)c(OC)c(OC)c2)ccc1OCc1ccccc1. The van der Waals surface area contributed by atoms with Crippen LogP contribution in [0.25, 0.3) is 12.2 Å². The lowest BCUT2D eigenvalue weighted by molar-refractivity contribution is 0.284. The molecule has 0 saturated carbocycles. The number of hydrogen-bond acceptors (Lipinski definition) is 5. The molecule has 0 amide bonds. The molecule has 0 bridgehead atoms. The lowest BCUT2D eigenvalue weighted by atomic mass is 10.1. The lowest BCUT2D eigenvalue weighted by Crippen LogP contribution is -1.97. The quantitative estimate of drug-likeness (QED) is 0.441. The van der Waals surface area contributed by atoms with Crippen LogP contribution in [0.4, 0.5) is 0 Å². The van der Waals surface area contributed by atoms with Gasteiger partial charge in [0.1, 0.15) is 6.61 Å². The minimum absolute atomic E-state index is 0.484. The summed E-state index contributed by atoms with van der Waals surface area (Å²) >= 11 is 0. The Hall–Kier alpha value is -3.60. The molecule has 0 spiro atoms. The lowest BCUT2D eigenvalue weighted by Gasteiger charge is -2.13. The van der Waals surface area contributed by atoms with Crippen molar-refractivity contribution in [3.8, 4) is 28.7 Å². The molecule has 5 nitrogen and oxygen atoms in total. The molecule has 0 N–H and O–H groups in total. The number of methoxy groups -OCH3 is 4. The van der Waals surface area contributed by atoms with Gasteiger partial charge in [0.25, 0.3) is 0 Å². The molecule has 5 heteroatoms. The van der Waals surface area contributed by atoms with Gasteiger partial charge in [0.15, 0.2) is 23.0 Å². The molecule has 0 saturated heterocycles. The fourth-order valence-electron chi connectivity index (χ4n) is 3.03. The van der Waals surface area contributed by atoms with E-state index >= 15 is 0 Å². The van der Waals surface area contributed by atoms with Gasteiger partial charge in [-0.2, -0.15) is 0 Å². The monoisotopic (exact) mass is 406 g/mol. The van der Waals surface area contributed by atoms with Gasteiger partial charge in [-0.1, -0.05) is 48.6 Å². The third kappa shape index (κ3) is 5.06. The Bertz CT molecular complexity index is 971. The van der Waals surface area contributed by atoms with Crippen molar-refractivity contribution in [2.45, 2.75) is 6.61 Å². The molecule has 30 heavy (non-hydrogen) atoms. The van der Waals surface area contributed by atoms with Crippen LogP contribution in [0.15, 0.2) is 60.7 Å². The second-order valence-corrected chi connectivity index (χ2v) is 6.48. The van der Waals surface area contributed by atoms with E-state index in [1.807, 2.05) is 72.8 Å². The third-order valence-electron chi connectivity index (χ3n) is 4.58. The van der Waals surface area contributed by atoms with Crippen LogP contribution < -0.4 is 23.7 Å². The molecule has 3 aromatic rings. The van der Waals surface area contributed by atoms with Crippen LogP contribution in [0.1, 0.15) is 16.7 Å². The maximum absolute atomic E-state index is 5.92. The Labute approximate surface area is 177 Å². The van der Waals surface area contributed by atoms with Crippen LogP contribution in [-0.2, 0) is 6.61 Å².